The van der Waals surface area contributed by atoms with Gasteiger partial charge in [-0.05, 0) is 73.5 Å². The minimum Gasteiger partial charge on any atom is -0.497 e. The summed E-state index contributed by atoms with van der Waals surface area (Å²) in [5, 5.41) is 24.2. The van der Waals surface area contributed by atoms with Crippen molar-refractivity contribution in [2.45, 2.75) is 30.3 Å². The standard InChI is InChI=1S/C32H35N3O4/c1-39-28-17-15-27(16-18-28)33-31(38)34-19-5-6-20-35-29(21-36)30(32(35,22-34)23-37)26-13-11-25(12-14-26)10-9-24-7-3-2-4-8-24/h2-4,7-8,11-18,29-30,36-37H,5-6,19-23H2,1H3,(H,33,38)/t29-,30+,32-/m1/s1. The molecule has 2 aliphatic heterocycles. The van der Waals surface area contributed by atoms with Crippen LogP contribution in [-0.2, 0) is 0 Å². The fourth-order valence-electron chi connectivity index (χ4n) is 6.00. The number of ether oxygens (including phenoxy) is 1. The highest BCUT2D eigenvalue weighted by molar-refractivity contribution is 5.89. The summed E-state index contributed by atoms with van der Waals surface area (Å²) < 4.78 is 5.21. The largest absolute Gasteiger partial charge is 0.497 e. The molecule has 3 N–H and O–H groups in total. The summed E-state index contributed by atoms with van der Waals surface area (Å²) in [4.78, 5) is 17.4. The molecule has 3 aromatic carbocycles. The van der Waals surface area contributed by atoms with Gasteiger partial charge in [0.15, 0.2) is 0 Å². The van der Waals surface area contributed by atoms with Gasteiger partial charge in [-0.15, -0.1) is 0 Å². The molecule has 2 amide bonds. The Hall–Kier alpha value is -3.83. The van der Waals surface area contributed by atoms with E-state index in [0.717, 1.165) is 41.8 Å². The van der Waals surface area contributed by atoms with Crippen molar-refractivity contribution in [2.75, 3.05) is 45.3 Å². The molecule has 3 atom stereocenters. The van der Waals surface area contributed by atoms with Crippen molar-refractivity contribution in [3.63, 3.8) is 0 Å². The van der Waals surface area contributed by atoms with Crippen LogP contribution in [-0.4, -0.2) is 77.6 Å². The Balaban J connectivity index is 1.38. The highest BCUT2D eigenvalue weighted by atomic mass is 16.5. The van der Waals surface area contributed by atoms with E-state index in [1.165, 1.54) is 0 Å². The van der Waals surface area contributed by atoms with Gasteiger partial charge in [-0.25, -0.2) is 4.79 Å². The predicted molar refractivity (Wildman–Crippen MR) is 152 cm³/mol. The van der Waals surface area contributed by atoms with Crippen molar-refractivity contribution < 1.29 is 19.7 Å². The van der Waals surface area contributed by atoms with Crippen LogP contribution in [0.5, 0.6) is 5.75 Å². The van der Waals surface area contributed by atoms with Crippen molar-refractivity contribution in [1.82, 2.24) is 9.80 Å². The van der Waals surface area contributed by atoms with Crippen molar-refractivity contribution in [3.05, 3.63) is 95.6 Å². The molecule has 0 bridgehead atoms. The number of nitrogens with zero attached hydrogens (tertiary/aromatic N) is 2. The van der Waals surface area contributed by atoms with Crippen LogP contribution < -0.4 is 10.1 Å². The number of nitrogens with one attached hydrogen (secondary N) is 1. The summed E-state index contributed by atoms with van der Waals surface area (Å²) in [6.45, 7) is 1.61. The maximum atomic E-state index is 13.4. The molecule has 0 aliphatic carbocycles. The van der Waals surface area contributed by atoms with E-state index in [4.69, 9.17) is 4.74 Å². The third kappa shape index (κ3) is 5.50. The molecule has 7 nitrogen and oxygen atoms in total. The molecular formula is C32H35N3O4. The van der Waals surface area contributed by atoms with Crippen molar-refractivity contribution in [2.24, 2.45) is 0 Å². The first-order valence-electron chi connectivity index (χ1n) is 13.4. The summed E-state index contributed by atoms with van der Waals surface area (Å²) in [7, 11) is 1.61. The zero-order chi connectivity index (χ0) is 27.2. The molecular weight excluding hydrogens is 490 g/mol. The lowest BCUT2D eigenvalue weighted by Crippen LogP contribution is -2.78. The number of amides is 2. The average molecular weight is 526 g/mol. The molecule has 5 rings (SSSR count). The maximum absolute atomic E-state index is 13.4. The van der Waals surface area contributed by atoms with E-state index >= 15 is 0 Å². The lowest BCUT2D eigenvalue weighted by Gasteiger charge is -2.65. The monoisotopic (exact) mass is 525 g/mol. The minimum atomic E-state index is -0.678. The molecule has 202 valence electrons. The number of aliphatic hydroxyl groups excluding tert-OH is 2. The lowest BCUT2D eigenvalue weighted by atomic mass is 9.64. The quantitative estimate of drug-likeness (QED) is 0.440. The predicted octanol–water partition coefficient (Wildman–Crippen LogP) is 3.91. The number of carbonyl (C=O) groups excluding carboxylic acids is 1. The maximum Gasteiger partial charge on any atom is 0.321 e. The molecule has 2 saturated heterocycles. The van der Waals surface area contributed by atoms with E-state index in [2.05, 4.69) is 22.1 Å². The molecule has 2 fully saturated rings. The molecule has 2 heterocycles. The van der Waals surface area contributed by atoms with E-state index in [-0.39, 0.29) is 31.2 Å². The Labute approximate surface area is 230 Å². The summed E-state index contributed by atoms with van der Waals surface area (Å²) in [5.41, 5.74) is 2.89. The number of hydrogen-bond donors (Lipinski definition) is 3. The number of urea groups is 1. The second-order valence-corrected chi connectivity index (χ2v) is 10.2. The smallest absolute Gasteiger partial charge is 0.321 e. The summed E-state index contributed by atoms with van der Waals surface area (Å²) >= 11 is 0. The van der Waals surface area contributed by atoms with Gasteiger partial charge in [0.2, 0.25) is 0 Å². The first-order chi connectivity index (χ1) is 19.1. The van der Waals surface area contributed by atoms with Crippen LogP contribution in [0.15, 0.2) is 78.9 Å². The van der Waals surface area contributed by atoms with E-state index in [0.29, 0.717) is 18.8 Å². The van der Waals surface area contributed by atoms with Gasteiger partial charge in [0.25, 0.3) is 0 Å². The van der Waals surface area contributed by atoms with Crippen LogP contribution in [0.25, 0.3) is 0 Å². The van der Waals surface area contributed by atoms with Crippen LogP contribution >= 0.6 is 0 Å². The van der Waals surface area contributed by atoms with Crippen LogP contribution in [0.1, 0.15) is 35.4 Å². The van der Waals surface area contributed by atoms with Crippen molar-refractivity contribution in [3.8, 4) is 17.6 Å². The van der Waals surface area contributed by atoms with E-state index in [1.807, 2.05) is 78.9 Å². The highest BCUT2D eigenvalue weighted by Crippen LogP contribution is 2.50. The van der Waals surface area contributed by atoms with Crippen molar-refractivity contribution >= 4 is 11.7 Å². The first-order valence-corrected chi connectivity index (χ1v) is 13.4. The Morgan fingerprint density at radius 3 is 2.26 bits per heavy atom. The number of benzene rings is 3. The third-order valence-corrected chi connectivity index (χ3v) is 7.96. The summed E-state index contributed by atoms with van der Waals surface area (Å²) in [6, 6.07) is 24.8. The number of carbonyl (C=O) groups is 1. The second-order valence-electron chi connectivity index (χ2n) is 10.2. The zero-order valence-corrected chi connectivity index (χ0v) is 22.2. The second kappa shape index (κ2) is 11.9. The molecule has 0 unspecified atom stereocenters. The lowest BCUT2D eigenvalue weighted by molar-refractivity contribution is -0.153. The van der Waals surface area contributed by atoms with Crippen LogP contribution in [0, 0.1) is 11.8 Å². The van der Waals surface area contributed by atoms with Gasteiger partial charge in [-0.1, -0.05) is 42.2 Å². The van der Waals surface area contributed by atoms with Gasteiger partial charge in [0, 0.05) is 41.9 Å². The van der Waals surface area contributed by atoms with Gasteiger partial charge >= 0.3 is 6.03 Å². The van der Waals surface area contributed by atoms with Crippen LogP contribution in [0.2, 0.25) is 0 Å². The van der Waals surface area contributed by atoms with Crippen molar-refractivity contribution in [1.29, 1.82) is 0 Å². The fourth-order valence-corrected chi connectivity index (χ4v) is 6.00. The number of methoxy groups -OCH3 is 1. The number of rotatable bonds is 5. The Kier molecular flexibility index (Phi) is 8.18. The third-order valence-electron chi connectivity index (χ3n) is 7.96. The molecule has 7 heteroatoms. The van der Waals surface area contributed by atoms with Gasteiger partial charge in [0.1, 0.15) is 5.75 Å². The number of anilines is 1. The van der Waals surface area contributed by atoms with Gasteiger partial charge in [-0.3, -0.25) is 4.90 Å². The van der Waals surface area contributed by atoms with Crippen LogP contribution in [0.3, 0.4) is 0 Å². The molecule has 39 heavy (non-hydrogen) atoms. The van der Waals surface area contributed by atoms with E-state index in [1.54, 1.807) is 12.0 Å². The normalized spacial score (nSPS) is 22.8. The van der Waals surface area contributed by atoms with Crippen LogP contribution in [0.4, 0.5) is 10.5 Å². The number of aliphatic hydroxyl groups is 2. The highest BCUT2D eigenvalue weighted by Gasteiger charge is 2.60. The van der Waals surface area contributed by atoms with Gasteiger partial charge < -0.3 is 25.2 Å². The average Bonchev–Trinajstić information content (AvgIpc) is 2.97. The molecule has 0 spiro atoms. The molecule has 3 aromatic rings. The van der Waals surface area contributed by atoms with E-state index < -0.39 is 5.54 Å². The minimum absolute atomic E-state index is 0.0139. The summed E-state index contributed by atoms with van der Waals surface area (Å²) in [6.07, 6.45) is 1.73. The first kappa shape index (κ1) is 26.8. The molecule has 0 saturated carbocycles. The molecule has 2 aliphatic rings. The fraction of sp³-hybridized carbons (Fsp3) is 0.344. The Bertz CT molecular complexity index is 1320. The number of hydrogen-bond acceptors (Lipinski definition) is 5. The van der Waals surface area contributed by atoms with Gasteiger partial charge in [-0.2, -0.15) is 0 Å². The molecule has 0 radical (unpaired) electrons. The van der Waals surface area contributed by atoms with E-state index in [9.17, 15) is 15.0 Å². The Morgan fingerprint density at radius 2 is 1.62 bits per heavy atom. The molecule has 0 aromatic heterocycles. The Morgan fingerprint density at radius 1 is 0.949 bits per heavy atom. The SMILES string of the molecule is COc1ccc(NC(=O)N2CCCCN3[C@H](CO)[C@H](c4ccc(C#Cc5ccccc5)cc4)[C@]3(CO)C2)cc1. The van der Waals surface area contributed by atoms with Gasteiger partial charge in [0.05, 0.1) is 25.9 Å². The zero-order valence-electron chi connectivity index (χ0n) is 22.2. The topological polar surface area (TPSA) is 85.3 Å². The number of fused-ring (bicyclic) bond motifs is 1. The summed E-state index contributed by atoms with van der Waals surface area (Å²) in [5.74, 6) is 6.99.